The molecule has 0 saturated heterocycles. The van der Waals surface area contributed by atoms with Crippen molar-refractivity contribution in [1.29, 1.82) is 0 Å². The first-order chi connectivity index (χ1) is 6.91. The number of rotatable bonds is 3. The van der Waals surface area contributed by atoms with Crippen molar-refractivity contribution in [3.8, 4) is 5.75 Å². The highest BCUT2D eigenvalue weighted by Crippen LogP contribution is 2.30. The Morgan fingerprint density at radius 1 is 1.27 bits per heavy atom. The minimum Gasteiger partial charge on any atom is -0.484 e. The third kappa shape index (κ3) is 2.68. The summed E-state index contributed by atoms with van der Waals surface area (Å²) in [7, 11) is 0. The third-order valence-corrected chi connectivity index (χ3v) is 2.13. The van der Waals surface area contributed by atoms with E-state index in [1.165, 1.54) is 0 Å². The van der Waals surface area contributed by atoms with Gasteiger partial charge in [-0.05, 0) is 44.9 Å². The highest BCUT2D eigenvalue weighted by Gasteiger charge is 2.17. The Kier molecular flexibility index (Phi) is 3.29. The number of nitrogens with zero attached hydrogens (tertiary/aromatic N) is 1. The van der Waals surface area contributed by atoms with Gasteiger partial charge in [0.1, 0.15) is 0 Å². The van der Waals surface area contributed by atoms with Crippen LogP contribution in [0.1, 0.15) is 25.0 Å². The minimum atomic E-state index is -0.413. The van der Waals surface area contributed by atoms with Crippen LogP contribution in [0.2, 0.25) is 0 Å². The summed E-state index contributed by atoms with van der Waals surface area (Å²) in [6, 6.07) is 3.26. The predicted molar refractivity (Wildman–Crippen MR) is 58.3 cm³/mol. The number of aryl methyl sites for hydroxylation is 2. The minimum absolute atomic E-state index is 0.0341. The predicted octanol–water partition coefficient (Wildman–Crippen LogP) is 3.00. The van der Waals surface area contributed by atoms with Crippen LogP contribution in [0.15, 0.2) is 12.1 Å². The molecule has 1 aromatic carbocycles. The fraction of sp³-hybridized carbons (Fsp3) is 0.455. The Bertz CT molecular complexity index is 386. The second-order valence-electron chi connectivity index (χ2n) is 3.83. The molecule has 0 spiro atoms. The van der Waals surface area contributed by atoms with Crippen molar-refractivity contribution in [1.82, 2.24) is 0 Å². The highest BCUT2D eigenvalue weighted by molar-refractivity contribution is 5.51. The maximum atomic E-state index is 10.8. The normalized spacial score (nSPS) is 10.5. The number of hydrogen-bond donors (Lipinski definition) is 0. The lowest BCUT2D eigenvalue weighted by Gasteiger charge is -2.11. The second-order valence-corrected chi connectivity index (χ2v) is 3.83. The molecule has 4 heteroatoms. The molecule has 0 bridgehead atoms. The lowest BCUT2D eigenvalue weighted by molar-refractivity contribution is -0.386. The lowest BCUT2D eigenvalue weighted by Crippen LogP contribution is -2.08. The van der Waals surface area contributed by atoms with Crippen LogP contribution in [0.4, 0.5) is 5.69 Å². The molecular formula is C11H15NO3. The molecule has 0 amide bonds. The number of benzene rings is 1. The van der Waals surface area contributed by atoms with Crippen LogP contribution >= 0.6 is 0 Å². The average molecular weight is 209 g/mol. The van der Waals surface area contributed by atoms with E-state index >= 15 is 0 Å². The van der Waals surface area contributed by atoms with Gasteiger partial charge in [0, 0.05) is 6.07 Å². The standard InChI is InChI=1S/C11H15NO3/c1-7(2)15-11-6-9(4)8(3)5-10(11)12(13)14/h5-7H,1-4H3. The summed E-state index contributed by atoms with van der Waals surface area (Å²) in [5, 5.41) is 10.8. The van der Waals surface area contributed by atoms with Crippen LogP contribution in [-0.4, -0.2) is 11.0 Å². The van der Waals surface area contributed by atoms with E-state index in [-0.39, 0.29) is 11.8 Å². The van der Waals surface area contributed by atoms with Gasteiger partial charge in [-0.25, -0.2) is 0 Å². The molecule has 1 aromatic rings. The van der Waals surface area contributed by atoms with Gasteiger partial charge in [-0.15, -0.1) is 0 Å². The van der Waals surface area contributed by atoms with Crippen molar-refractivity contribution in [2.45, 2.75) is 33.8 Å². The van der Waals surface area contributed by atoms with E-state index in [2.05, 4.69) is 0 Å². The summed E-state index contributed by atoms with van der Waals surface area (Å²) >= 11 is 0. The molecule has 0 aliphatic rings. The first-order valence-electron chi connectivity index (χ1n) is 4.84. The maximum Gasteiger partial charge on any atom is 0.311 e. The van der Waals surface area contributed by atoms with E-state index in [0.717, 1.165) is 11.1 Å². The molecule has 4 nitrogen and oxygen atoms in total. The zero-order valence-corrected chi connectivity index (χ0v) is 9.40. The van der Waals surface area contributed by atoms with Crippen LogP contribution in [-0.2, 0) is 0 Å². The number of nitro groups is 1. The van der Waals surface area contributed by atoms with E-state index < -0.39 is 4.92 Å². The molecule has 0 aliphatic heterocycles. The Hall–Kier alpha value is -1.58. The van der Waals surface area contributed by atoms with Gasteiger partial charge in [0.25, 0.3) is 0 Å². The van der Waals surface area contributed by atoms with Crippen molar-refractivity contribution in [3.05, 3.63) is 33.4 Å². The monoisotopic (exact) mass is 209 g/mol. The quantitative estimate of drug-likeness (QED) is 0.568. The van der Waals surface area contributed by atoms with E-state index in [1.54, 1.807) is 12.1 Å². The van der Waals surface area contributed by atoms with Crippen molar-refractivity contribution in [3.63, 3.8) is 0 Å². The Balaban J connectivity index is 3.22. The Morgan fingerprint density at radius 3 is 2.27 bits per heavy atom. The number of ether oxygens (including phenoxy) is 1. The first-order valence-corrected chi connectivity index (χ1v) is 4.84. The van der Waals surface area contributed by atoms with Gasteiger partial charge >= 0.3 is 5.69 Å². The van der Waals surface area contributed by atoms with E-state index in [1.807, 2.05) is 27.7 Å². The molecule has 0 aromatic heterocycles. The van der Waals surface area contributed by atoms with Crippen molar-refractivity contribution >= 4 is 5.69 Å². The van der Waals surface area contributed by atoms with Gasteiger partial charge in [0.15, 0.2) is 5.75 Å². The lowest BCUT2D eigenvalue weighted by atomic mass is 10.1. The molecule has 0 atom stereocenters. The van der Waals surface area contributed by atoms with E-state index in [4.69, 9.17) is 4.74 Å². The van der Waals surface area contributed by atoms with Gasteiger partial charge in [0.2, 0.25) is 0 Å². The maximum absolute atomic E-state index is 10.8. The summed E-state index contributed by atoms with van der Waals surface area (Å²) in [5.74, 6) is 0.345. The van der Waals surface area contributed by atoms with Gasteiger partial charge in [-0.3, -0.25) is 10.1 Å². The van der Waals surface area contributed by atoms with Gasteiger partial charge in [-0.1, -0.05) is 0 Å². The summed E-state index contributed by atoms with van der Waals surface area (Å²) in [6.07, 6.45) is -0.0641. The molecule has 0 radical (unpaired) electrons. The van der Waals surface area contributed by atoms with Crippen molar-refractivity contribution in [2.24, 2.45) is 0 Å². The summed E-state index contributed by atoms with van der Waals surface area (Å²) in [5.41, 5.74) is 1.93. The molecule has 0 N–H and O–H groups in total. The van der Waals surface area contributed by atoms with Gasteiger partial charge in [0.05, 0.1) is 11.0 Å². The SMILES string of the molecule is Cc1cc(OC(C)C)c([N+](=O)[O-])cc1C. The fourth-order valence-corrected chi connectivity index (χ4v) is 1.27. The number of nitro benzene ring substituents is 1. The van der Waals surface area contributed by atoms with Crippen molar-refractivity contribution in [2.75, 3.05) is 0 Å². The van der Waals surface area contributed by atoms with Crippen LogP contribution in [0.5, 0.6) is 5.75 Å². The Morgan fingerprint density at radius 2 is 1.80 bits per heavy atom. The van der Waals surface area contributed by atoms with Gasteiger partial charge in [-0.2, -0.15) is 0 Å². The van der Waals surface area contributed by atoms with Gasteiger partial charge < -0.3 is 4.74 Å². The van der Waals surface area contributed by atoms with Crippen LogP contribution in [0.3, 0.4) is 0 Å². The topological polar surface area (TPSA) is 52.4 Å². The fourth-order valence-electron chi connectivity index (χ4n) is 1.27. The average Bonchev–Trinajstić information content (AvgIpc) is 2.09. The zero-order valence-electron chi connectivity index (χ0n) is 9.40. The van der Waals surface area contributed by atoms with Crippen LogP contribution in [0.25, 0.3) is 0 Å². The second kappa shape index (κ2) is 4.29. The number of hydrogen-bond acceptors (Lipinski definition) is 3. The molecular weight excluding hydrogens is 194 g/mol. The smallest absolute Gasteiger partial charge is 0.311 e. The third-order valence-electron chi connectivity index (χ3n) is 2.13. The summed E-state index contributed by atoms with van der Waals surface area (Å²) in [6.45, 7) is 7.45. The van der Waals surface area contributed by atoms with Crippen LogP contribution < -0.4 is 4.74 Å². The first kappa shape index (κ1) is 11.5. The largest absolute Gasteiger partial charge is 0.484 e. The Labute approximate surface area is 89.0 Å². The van der Waals surface area contributed by atoms with Crippen LogP contribution in [0, 0.1) is 24.0 Å². The molecule has 0 heterocycles. The molecule has 82 valence electrons. The molecule has 1 rings (SSSR count). The molecule has 0 fully saturated rings. The highest BCUT2D eigenvalue weighted by atomic mass is 16.6. The molecule has 0 saturated carbocycles. The zero-order chi connectivity index (χ0) is 11.6. The van der Waals surface area contributed by atoms with E-state index in [0.29, 0.717) is 5.75 Å². The van der Waals surface area contributed by atoms with Crippen molar-refractivity contribution < 1.29 is 9.66 Å². The molecule has 0 unspecified atom stereocenters. The summed E-state index contributed by atoms with van der Waals surface area (Å²) < 4.78 is 5.40. The van der Waals surface area contributed by atoms with E-state index in [9.17, 15) is 10.1 Å². The molecule has 0 aliphatic carbocycles. The molecule has 15 heavy (non-hydrogen) atoms. The summed E-state index contributed by atoms with van der Waals surface area (Å²) in [4.78, 5) is 10.4.